The zero-order valence-electron chi connectivity index (χ0n) is 10.8. The smallest absolute Gasteiger partial charge is 0.233 e. The summed E-state index contributed by atoms with van der Waals surface area (Å²) in [4.78, 5) is 15.7. The third-order valence-corrected chi connectivity index (χ3v) is 6.07. The fraction of sp³-hybridized carbons (Fsp3) is 0.643. The number of carbonyl (C=O) groups is 1. The first-order valence-electron chi connectivity index (χ1n) is 6.83. The van der Waals surface area contributed by atoms with Crippen LogP contribution < -0.4 is 0 Å². The average molecular weight is 297 g/mol. The summed E-state index contributed by atoms with van der Waals surface area (Å²) in [6, 6.07) is 4.75. The molecule has 0 aromatic carbocycles. The highest BCUT2D eigenvalue weighted by Gasteiger charge is 2.42. The van der Waals surface area contributed by atoms with Crippen LogP contribution in [0.3, 0.4) is 0 Å². The van der Waals surface area contributed by atoms with E-state index in [9.17, 15) is 9.90 Å². The number of fused-ring (bicyclic) bond motifs is 2. The first-order chi connectivity index (χ1) is 9.24. The predicted octanol–water partition coefficient (Wildman–Crippen LogP) is 2.50. The van der Waals surface area contributed by atoms with Gasteiger partial charge in [-0.3, -0.25) is 4.79 Å². The zero-order valence-corrected chi connectivity index (χ0v) is 12.5. The van der Waals surface area contributed by atoms with E-state index in [0.717, 1.165) is 31.4 Å². The minimum atomic E-state index is -0.194. The van der Waals surface area contributed by atoms with E-state index in [2.05, 4.69) is 22.4 Å². The molecule has 2 saturated heterocycles. The number of carbonyl (C=O) groups excluding carboxylic acids is 1. The second-order valence-electron chi connectivity index (χ2n) is 5.38. The molecule has 2 bridgehead atoms. The molecule has 19 heavy (non-hydrogen) atoms. The number of thioether (sulfide) groups is 1. The largest absolute Gasteiger partial charge is 0.393 e. The normalized spacial score (nSPS) is 29.7. The standard InChI is InChI=1S/C14H19NO2S2/c16-12-6-10-3-4-11(7-12)15(10)14(17)9-18-8-13-2-1-5-19-13/h1-2,5,10-12,16H,3-4,6-9H2. The molecule has 0 spiro atoms. The Bertz CT molecular complexity index is 421. The van der Waals surface area contributed by atoms with Crippen molar-refractivity contribution in [1.29, 1.82) is 0 Å². The Hall–Kier alpha value is -0.520. The number of aliphatic hydroxyl groups is 1. The van der Waals surface area contributed by atoms with Crippen molar-refractivity contribution in [1.82, 2.24) is 4.90 Å². The Kier molecular flexibility index (Phi) is 4.15. The second-order valence-corrected chi connectivity index (χ2v) is 7.40. The van der Waals surface area contributed by atoms with Gasteiger partial charge in [-0.25, -0.2) is 0 Å². The molecule has 2 aliphatic rings. The third-order valence-electron chi connectivity index (χ3n) is 4.05. The molecular formula is C14H19NO2S2. The quantitative estimate of drug-likeness (QED) is 0.928. The van der Waals surface area contributed by atoms with Crippen LogP contribution in [0.2, 0.25) is 0 Å². The topological polar surface area (TPSA) is 40.5 Å². The van der Waals surface area contributed by atoms with Crippen LogP contribution in [-0.2, 0) is 10.5 Å². The van der Waals surface area contributed by atoms with Gasteiger partial charge in [-0.05, 0) is 37.1 Å². The van der Waals surface area contributed by atoms with Gasteiger partial charge in [0.15, 0.2) is 0 Å². The van der Waals surface area contributed by atoms with Crippen molar-refractivity contribution >= 4 is 29.0 Å². The number of rotatable bonds is 4. The first kappa shape index (κ1) is 13.5. The molecule has 3 rings (SSSR count). The summed E-state index contributed by atoms with van der Waals surface area (Å²) in [6.45, 7) is 0. The van der Waals surface area contributed by atoms with Gasteiger partial charge in [0.25, 0.3) is 0 Å². The van der Waals surface area contributed by atoms with E-state index < -0.39 is 0 Å². The molecule has 1 aromatic rings. The molecule has 3 heterocycles. The van der Waals surface area contributed by atoms with E-state index in [1.165, 1.54) is 4.88 Å². The van der Waals surface area contributed by atoms with Crippen LogP contribution in [0.5, 0.6) is 0 Å². The number of piperidine rings is 1. The number of nitrogens with zero attached hydrogens (tertiary/aromatic N) is 1. The molecule has 0 saturated carbocycles. The van der Waals surface area contributed by atoms with Crippen LogP contribution in [0.4, 0.5) is 0 Å². The SMILES string of the molecule is O=C(CSCc1cccs1)N1C2CCC1CC(O)C2. The van der Waals surface area contributed by atoms with E-state index in [1.807, 2.05) is 0 Å². The molecule has 5 heteroatoms. The van der Waals surface area contributed by atoms with Crippen molar-refractivity contribution < 1.29 is 9.90 Å². The summed E-state index contributed by atoms with van der Waals surface area (Å²) in [6.07, 6.45) is 3.50. The monoisotopic (exact) mass is 297 g/mol. The number of thiophene rings is 1. The Morgan fingerprint density at radius 1 is 1.42 bits per heavy atom. The number of hydrogen-bond donors (Lipinski definition) is 1. The van der Waals surface area contributed by atoms with Gasteiger partial charge in [-0.2, -0.15) is 0 Å². The van der Waals surface area contributed by atoms with E-state index in [-0.39, 0.29) is 12.0 Å². The van der Waals surface area contributed by atoms with E-state index >= 15 is 0 Å². The Labute approximate surface area is 122 Å². The highest BCUT2D eigenvalue weighted by molar-refractivity contribution is 7.99. The van der Waals surface area contributed by atoms with Crippen LogP contribution in [0.25, 0.3) is 0 Å². The van der Waals surface area contributed by atoms with Crippen LogP contribution in [0.1, 0.15) is 30.6 Å². The van der Waals surface area contributed by atoms with Gasteiger partial charge < -0.3 is 10.0 Å². The van der Waals surface area contributed by atoms with Crippen LogP contribution >= 0.6 is 23.1 Å². The second kappa shape index (κ2) is 5.85. The lowest BCUT2D eigenvalue weighted by Crippen LogP contribution is -2.48. The molecule has 1 amide bonds. The molecule has 2 fully saturated rings. The van der Waals surface area contributed by atoms with Crippen molar-refractivity contribution in [2.75, 3.05) is 5.75 Å². The van der Waals surface area contributed by atoms with E-state index in [0.29, 0.717) is 17.8 Å². The molecule has 1 aromatic heterocycles. The maximum absolute atomic E-state index is 12.3. The summed E-state index contributed by atoms with van der Waals surface area (Å²) in [7, 11) is 0. The lowest BCUT2D eigenvalue weighted by atomic mass is 10.00. The van der Waals surface area contributed by atoms with Gasteiger partial charge >= 0.3 is 0 Å². The molecule has 2 unspecified atom stereocenters. The fourth-order valence-corrected chi connectivity index (χ4v) is 5.00. The van der Waals surface area contributed by atoms with Crippen molar-refractivity contribution in [3.8, 4) is 0 Å². The number of aliphatic hydroxyl groups excluding tert-OH is 1. The van der Waals surface area contributed by atoms with Gasteiger partial charge in [0.2, 0.25) is 5.91 Å². The van der Waals surface area contributed by atoms with Gasteiger partial charge in [0.1, 0.15) is 0 Å². The van der Waals surface area contributed by atoms with Gasteiger partial charge in [0, 0.05) is 22.7 Å². The molecule has 0 aliphatic carbocycles. The van der Waals surface area contributed by atoms with Crippen molar-refractivity contribution in [3.63, 3.8) is 0 Å². The minimum absolute atomic E-state index is 0.194. The average Bonchev–Trinajstić information content (AvgIpc) is 2.96. The van der Waals surface area contributed by atoms with E-state index in [1.54, 1.807) is 23.1 Å². The lowest BCUT2D eigenvalue weighted by molar-refractivity contribution is -0.134. The maximum atomic E-state index is 12.3. The highest BCUT2D eigenvalue weighted by atomic mass is 32.2. The molecule has 1 N–H and O–H groups in total. The minimum Gasteiger partial charge on any atom is -0.393 e. The molecule has 2 aliphatic heterocycles. The third kappa shape index (κ3) is 2.98. The molecular weight excluding hydrogens is 278 g/mol. The predicted molar refractivity (Wildman–Crippen MR) is 79.4 cm³/mol. The summed E-state index contributed by atoms with van der Waals surface area (Å²) in [5.74, 6) is 1.76. The van der Waals surface area contributed by atoms with Crippen molar-refractivity contribution in [2.24, 2.45) is 0 Å². The van der Waals surface area contributed by atoms with Gasteiger partial charge in [-0.15, -0.1) is 23.1 Å². The van der Waals surface area contributed by atoms with Crippen LogP contribution in [0, 0.1) is 0 Å². The molecule has 2 atom stereocenters. The Morgan fingerprint density at radius 2 is 2.16 bits per heavy atom. The summed E-state index contributed by atoms with van der Waals surface area (Å²) < 4.78 is 0. The van der Waals surface area contributed by atoms with Crippen LogP contribution in [0.15, 0.2) is 17.5 Å². The Balaban J connectivity index is 1.51. The zero-order chi connectivity index (χ0) is 13.2. The van der Waals surface area contributed by atoms with E-state index in [4.69, 9.17) is 0 Å². The Morgan fingerprint density at radius 3 is 2.79 bits per heavy atom. The van der Waals surface area contributed by atoms with Crippen molar-refractivity contribution in [3.05, 3.63) is 22.4 Å². The van der Waals surface area contributed by atoms with Gasteiger partial charge in [-0.1, -0.05) is 6.07 Å². The van der Waals surface area contributed by atoms with Crippen LogP contribution in [-0.4, -0.2) is 39.9 Å². The molecule has 3 nitrogen and oxygen atoms in total. The van der Waals surface area contributed by atoms with Gasteiger partial charge in [0.05, 0.1) is 11.9 Å². The summed E-state index contributed by atoms with van der Waals surface area (Å²) in [5, 5.41) is 11.8. The first-order valence-corrected chi connectivity index (χ1v) is 8.87. The lowest BCUT2D eigenvalue weighted by Gasteiger charge is -2.37. The fourth-order valence-electron chi connectivity index (χ4n) is 3.26. The van der Waals surface area contributed by atoms with Crippen molar-refractivity contribution in [2.45, 2.75) is 49.6 Å². The number of amides is 1. The maximum Gasteiger partial charge on any atom is 0.233 e. The number of hydrogen-bond acceptors (Lipinski definition) is 4. The molecule has 104 valence electrons. The highest BCUT2D eigenvalue weighted by Crippen LogP contribution is 2.36. The summed E-state index contributed by atoms with van der Waals surface area (Å²) in [5.41, 5.74) is 0. The summed E-state index contributed by atoms with van der Waals surface area (Å²) >= 11 is 3.45. The molecule has 0 radical (unpaired) electrons.